The molecule has 3 heteroatoms. The van der Waals surface area contributed by atoms with Gasteiger partial charge in [-0.15, -0.1) is 0 Å². The number of hydrogen-bond donors (Lipinski definition) is 1. The molecular weight excluding hydrogens is 205 g/mol. The highest BCUT2D eigenvalue weighted by molar-refractivity contribution is 5.29. The Bertz CT molecular complexity index is 339. The summed E-state index contributed by atoms with van der Waals surface area (Å²) < 4.78 is 18.9. The van der Waals surface area contributed by atoms with Crippen molar-refractivity contribution in [3.8, 4) is 5.75 Å². The van der Waals surface area contributed by atoms with E-state index in [0.717, 1.165) is 5.56 Å². The summed E-state index contributed by atoms with van der Waals surface area (Å²) in [4.78, 5) is 0. The Morgan fingerprint density at radius 2 is 2.06 bits per heavy atom. The zero-order chi connectivity index (χ0) is 12.1. The zero-order valence-corrected chi connectivity index (χ0v) is 10.4. The molecule has 0 saturated carbocycles. The molecule has 0 aliphatic rings. The number of nitrogens with one attached hydrogen (secondary N) is 1. The lowest BCUT2D eigenvalue weighted by molar-refractivity contribution is 0.229. The maximum absolute atomic E-state index is 13.4. The second-order valence-corrected chi connectivity index (χ2v) is 4.38. The summed E-state index contributed by atoms with van der Waals surface area (Å²) in [5.74, 6) is 0.489. The third-order valence-electron chi connectivity index (χ3n) is 2.68. The van der Waals surface area contributed by atoms with Crippen molar-refractivity contribution in [1.82, 2.24) is 5.32 Å². The van der Waals surface area contributed by atoms with Crippen LogP contribution >= 0.6 is 0 Å². The van der Waals surface area contributed by atoms with Gasteiger partial charge in [-0.25, -0.2) is 4.39 Å². The van der Waals surface area contributed by atoms with E-state index < -0.39 is 0 Å². The van der Waals surface area contributed by atoms with Gasteiger partial charge >= 0.3 is 0 Å². The Morgan fingerprint density at radius 1 is 1.38 bits per heavy atom. The minimum Gasteiger partial charge on any atom is -0.489 e. The van der Waals surface area contributed by atoms with Gasteiger partial charge in [0.25, 0.3) is 0 Å². The fourth-order valence-corrected chi connectivity index (χ4v) is 1.51. The van der Waals surface area contributed by atoms with Crippen molar-refractivity contribution >= 4 is 0 Å². The molecular formula is C13H20FNO. The molecule has 0 fully saturated rings. The Balaban J connectivity index is 2.63. The van der Waals surface area contributed by atoms with Gasteiger partial charge in [-0.05, 0) is 37.6 Å². The van der Waals surface area contributed by atoms with Crippen LogP contribution < -0.4 is 10.1 Å². The normalized spacial score (nSPS) is 12.9. The van der Waals surface area contributed by atoms with Crippen LogP contribution in [-0.2, 0) is 0 Å². The van der Waals surface area contributed by atoms with Crippen LogP contribution in [-0.4, -0.2) is 19.7 Å². The van der Waals surface area contributed by atoms with Gasteiger partial charge in [-0.1, -0.05) is 19.9 Å². The lowest BCUT2D eigenvalue weighted by atomic mass is 10.1. The second kappa shape index (κ2) is 5.85. The molecule has 0 aliphatic carbocycles. The minimum atomic E-state index is -0.302. The summed E-state index contributed by atoms with van der Waals surface area (Å²) in [6.07, 6.45) is 0. The number of aryl methyl sites for hydroxylation is 1. The maximum Gasteiger partial charge on any atom is 0.165 e. The first kappa shape index (κ1) is 13.0. The van der Waals surface area contributed by atoms with Crippen molar-refractivity contribution in [1.29, 1.82) is 0 Å². The standard InChI is InChI=1S/C13H20FNO/c1-9(2)12(15-4)8-16-13-7-10(3)5-6-11(13)14/h5-7,9,12,15H,8H2,1-4H3. The Kier molecular flexibility index (Phi) is 4.74. The van der Waals surface area contributed by atoms with Crippen LogP contribution in [0.25, 0.3) is 0 Å². The Hall–Kier alpha value is -1.09. The van der Waals surface area contributed by atoms with Gasteiger partial charge in [0, 0.05) is 6.04 Å². The third-order valence-corrected chi connectivity index (χ3v) is 2.68. The van der Waals surface area contributed by atoms with Crippen molar-refractivity contribution in [2.45, 2.75) is 26.8 Å². The van der Waals surface area contributed by atoms with Crippen LogP contribution in [0.5, 0.6) is 5.75 Å². The molecule has 16 heavy (non-hydrogen) atoms. The van der Waals surface area contributed by atoms with Crippen molar-refractivity contribution in [3.05, 3.63) is 29.6 Å². The summed E-state index contributed by atoms with van der Waals surface area (Å²) in [5, 5.41) is 3.16. The monoisotopic (exact) mass is 225 g/mol. The second-order valence-electron chi connectivity index (χ2n) is 4.38. The number of benzene rings is 1. The molecule has 0 amide bonds. The minimum absolute atomic E-state index is 0.236. The molecule has 0 aromatic heterocycles. The fraction of sp³-hybridized carbons (Fsp3) is 0.538. The van der Waals surface area contributed by atoms with E-state index in [1.54, 1.807) is 12.1 Å². The molecule has 0 saturated heterocycles. The topological polar surface area (TPSA) is 21.3 Å². The van der Waals surface area contributed by atoms with Crippen LogP contribution in [0.3, 0.4) is 0 Å². The van der Waals surface area contributed by atoms with Crippen LogP contribution in [0.2, 0.25) is 0 Å². The fourth-order valence-electron chi connectivity index (χ4n) is 1.51. The summed E-state index contributed by atoms with van der Waals surface area (Å²) in [7, 11) is 1.89. The van der Waals surface area contributed by atoms with E-state index in [9.17, 15) is 4.39 Å². The Morgan fingerprint density at radius 3 is 2.62 bits per heavy atom. The first-order valence-corrected chi connectivity index (χ1v) is 5.60. The van der Waals surface area contributed by atoms with E-state index in [2.05, 4.69) is 19.2 Å². The SMILES string of the molecule is CNC(COc1cc(C)ccc1F)C(C)C. The predicted octanol–water partition coefficient (Wildman–Crippen LogP) is 2.76. The molecule has 0 aliphatic heterocycles. The van der Waals surface area contributed by atoms with E-state index in [1.807, 2.05) is 14.0 Å². The number of ether oxygens (including phenoxy) is 1. The maximum atomic E-state index is 13.4. The van der Waals surface area contributed by atoms with Gasteiger partial charge in [0.2, 0.25) is 0 Å². The number of hydrogen-bond acceptors (Lipinski definition) is 2. The van der Waals surface area contributed by atoms with Gasteiger partial charge in [0.1, 0.15) is 6.61 Å². The van der Waals surface area contributed by atoms with E-state index in [0.29, 0.717) is 18.3 Å². The molecule has 1 unspecified atom stereocenters. The highest BCUT2D eigenvalue weighted by atomic mass is 19.1. The molecule has 1 aromatic rings. The molecule has 0 spiro atoms. The molecule has 0 heterocycles. The van der Waals surface area contributed by atoms with Crippen molar-refractivity contribution in [2.75, 3.05) is 13.7 Å². The highest BCUT2D eigenvalue weighted by Crippen LogP contribution is 2.19. The van der Waals surface area contributed by atoms with E-state index in [-0.39, 0.29) is 11.9 Å². The molecule has 1 rings (SSSR count). The van der Waals surface area contributed by atoms with Gasteiger partial charge in [-0.2, -0.15) is 0 Å². The number of likely N-dealkylation sites (N-methyl/N-ethyl adjacent to an activating group) is 1. The largest absolute Gasteiger partial charge is 0.489 e. The zero-order valence-electron chi connectivity index (χ0n) is 10.4. The van der Waals surface area contributed by atoms with Gasteiger partial charge < -0.3 is 10.1 Å². The van der Waals surface area contributed by atoms with E-state index in [4.69, 9.17) is 4.74 Å². The van der Waals surface area contributed by atoms with Gasteiger partial charge in [0.15, 0.2) is 11.6 Å². The van der Waals surface area contributed by atoms with Crippen molar-refractivity contribution in [2.24, 2.45) is 5.92 Å². The van der Waals surface area contributed by atoms with Crippen molar-refractivity contribution in [3.63, 3.8) is 0 Å². The Labute approximate surface area is 96.8 Å². The average Bonchev–Trinajstić information content (AvgIpc) is 2.23. The predicted molar refractivity (Wildman–Crippen MR) is 64.3 cm³/mol. The molecule has 0 radical (unpaired) electrons. The summed E-state index contributed by atoms with van der Waals surface area (Å²) in [6.45, 7) is 6.62. The molecule has 1 atom stereocenters. The van der Waals surface area contributed by atoms with Crippen LogP contribution in [0.1, 0.15) is 19.4 Å². The lowest BCUT2D eigenvalue weighted by Gasteiger charge is -2.20. The van der Waals surface area contributed by atoms with Crippen LogP contribution in [0, 0.1) is 18.7 Å². The third kappa shape index (κ3) is 3.49. The summed E-state index contributed by atoms with van der Waals surface area (Å²) in [6, 6.07) is 5.14. The highest BCUT2D eigenvalue weighted by Gasteiger charge is 2.12. The number of rotatable bonds is 5. The molecule has 90 valence electrons. The summed E-state index contributed by atoms with van der Waals surface area (Å²) in [5.41, 5.74) is 1.00. The molecule has 1 N–H and O–H groups in total. The van der Waals surface area contributed by atoms with Crippen molar-refractivity contribution < 1.29 is 9.13 Å². The molecule has 1 aromatic carbocycles. The van der Waals surface area contributed by atoms with Gasteiger partial charge in [-0.3, -0.25) is 0 Å². The molecule has 2 nitrogen and oxygen atoms in total. The van der Waals surface area contributed by atoms with Gasteiger partial charge in [0.05, 0.1) is 0 Å². The quantitative estimate of drug-likeness (QED) is 0.832. The van der Waals surface area contributed by atoms with E-state index >= 15 is 0 Å². The number of halogens is 1. The molecule has 0 bridgehead atoms. The lowest BCUT2D eigenvalue weighted by Crippen LogP contribution is -2.36. The average molecular weight is 225 g/mol. The van der Waals surface area contributed by atoms with Crippen LogP contribution in [0.4, 0.5) is 4.39 Å². The van der Waals surface area contributed by atoms with E-state index in [1.165, 1.54) is 6.07 Å². The summed E-state index contributed by atoms with van der Waals surface area (Å²) >= 11 is 0. The smallest absolute Gasteiger partial charge is 0.165 e. The van der Waals surface area contributed by atoms with Crippen LogP contribution in [0.15, 0.2) is 18.2 Å². The first-order valence-electron chi connectivity index (χ1n) is 5.60. The first-order chi connectivity index (χ1) is 7.54.